The molecule has 1 unspecified atom stereocenters. The zero-order valence-corrected chi connectivity index (χ0v) is 16.6. The molecule has 0 heterocycles. The zero-order valence-electron chi connectivity index (χ0n) is 14.3. The van der Waals surface area contributed by atoms with Crippen LogP contribution in [-0.2, 0) is 19.3 Å². The first kappa shape index (κ1) is 19.7. The summed E-state index contributed by atoms with van der Waals surface area (Å²) in [5, 5.41) is 13.3. The molecule has 5 heteroatoms. The van der Waals surface area contributed by atoms with Gasteiger partial charge in [0, 0.05) is 12.1 Å². The van der Waals surface area contributed by atoms with E-state index in [4.69, 9.17) is 5.73 Å². The smallest absolute Gasteiger partial charge is 0.193 e. The molecule has 0 amide bonds. The Morgan fingerprint density at radius 1 is 1.08 bits per heavy atom. The third kappa shape index (κ3) is 5.71. The maximum Gasteiger partial charge on any atom is 0.193 e. The molecule has 0 aliphatic heterocycles. The van der Waals surface area contributed by atoms with E-state index in [1.165, 1.54) is 24.0 Å². The van der Waals surface area contributed by atoms with Crippen molar-refractivity contribution in [3.63, 3.8) is 0 Å². The van der Waals surface area contributed by atoms with Gasteiger partial charge in [0.25, 0.3) is 0 Å². The van der Waals surface area contributed by atoms with E-state index in [1.807, 2.05) is 36.4 Å². The van der Waals surface area contributed by atoms with Crippen LogP contribution in [0.3, 0.4) is 0 Å². The number of aliphatic imine (C=N–C) groups is 1. The Morgan fingerprint density at radius 3 is 2.64 bits per heavy atom. The Hall–Kier alpha value is -1.60. The lowest BCUT2D eigenvalue weighted by molar-refractivity contribution is 0.184. The molecule has 0 saturated heterocycles. The van der Waals surface area contributed by atoms with Crippen molar-refractivity contribution in [2.45, 2.75) is 38.2 Å². The number of hydrogen-bond acceptors (Lipinski definition) is 2. The van der Waals surface area contributed by atoms with Gasteiger partial charge >= 0.3 is 0 Å². The van der Waals surface area contributed by atoms with Crippen LogP contribution in [0.2, 0.25) is 0 Å². The Balaban J connectivity index is 0.00000225. The number of aliphatic hydroxyl groups excluding tert-OH is 1. The van der Waals surface area contributed by atoms with Crippen LogP contribution in [0.15, 0.2) is 53.5 Å². The summed E-state index contributed by atoms with van der Waals surface area (Å²) in [6.07, 6.45) is 4.75. The number of anilines is 1. The molecule has 0 aromatic heterocycles. The van der Waals surface area contributed by atoms with Crippen LogP contribution in [0.1, 0.15) is 29.5 Å². The minimum Gasteiger partial charge on any atom is -0.391 e. The molecule has 4 N–H and O–H groups in total. The molecule has 134 valence electrons. The van der Waals surface area contributed by atoms with Gasteiger partial charge < -0.3 is 16.2 Å². The summed E-state index contributed by atoms with van der Waals surface area (Å²) in [6.45, 7) is 0.294. The maximum absolute atomic E-state index is 10.1. The Kier molecular flexibility index (Phi) is 7.71. The van der Waals surface area contributed by atoms with Crippen molar-refractivity contribution in [3.8, 4) is 0 Å². The van der Waals surface area contributed by atoms with Crippen molar-refractivity contribution >= 4 is 35.6 Å². The highest BCUT2D eigenvalue weighted by Gasteiger charge is 2.13. The van der Waals surface area contributed by atoms with E-state index in [0.717, 1.165) is 24.1 Å². The first-order valence-electron chi connectivity index (χ1n) is 8.62. The fourth-order valence-corrected chi connectivity index (χ4v) is 3.23. The van der Waals surface area contributed by atoms with Gasteiger partial charge in [0.15, 0.2) is 5.96 Å². The molecule has 0 spiro atoms. The number of halogens is 1. The summed E-state index contributed by atoms with van der Waals surface area (Å²) in [7, 11) is 0. The predicted octanol–water partition coefficient (Wildman–Crippen LogP) is 3.51. The van der Waals surface area contributed by atoms with Crippen molar-refractivity contribution < 1.29 is 5.11 Å². The number of guanidine groups is 1. The van der Waals surface area contributed by atoms with Gasteiger partial charge in [-0.3, -0.25) is 4.99 Å². The van der Waals surface area contributed by atoms with E-state index in [9.17, 15) is 5.11 Å². The summed E-state index contributed by atoms with van der Waals surface area (Å²) < 4.78 is 0. The third-order valence-electron chi connectivity index (χ3n) is 4.45. The first-order chi connectivity index (χ1) is 11.7. The number of nitrogens with two attached hydrogens (primary N) is 1. The number of rotatable bonds is 5. The van der Waals surface area contributed by atoms with Crippen LogP contribution in [0.5, 0.6) is 0 Å². The predicted molar refractivity (Wildman–Crippen MR) is 115 cm³/mol. The number of fused-ring (bicyclic) bond motifs is 1. The van der Waals surface area contributed by atoms with Gasteiger partial charge in [-0.05, 0) is 48.4 Å². The summed E-state index contributed by atoms with van der Waals surface area (Å²) >= 11 is 0. The number of aliphatic hydroxyl groups is 1. The van der Waals surface area contributed by atoms with Crippen molar-refractivity contribution in [2.24, 2.45) is 10.7 Å². The van der Waals surface area contributed by atoms with Gasteiger partial charge in [-0.25, -0.2) is 0 Å². The molecule has 1 atom stereocenters. The van der Waals surface area contributed by atoms with E-state index in [-0.39, 0.29) is 24.0 Å². The van der Waals surface area contributed by atoms with Gasteiger partial charge in [-0.1, -0.05) is 42.5 Å². The molecular formula is C20H26IN3O. The van der Waals surface area contributed by atoms with Crippen LogP contribution >= 0.6 is 24.0 Å². The van der Waals surface area contributed by atoms with E-state index in [2.05, 4.69) is 22.4 Å². The molecule has 2 aromatic carbocycles. The second-order valence-electron chi connectivity index (χ2n) is 6.34. The molecule has 4 nitrogen and oxygen atoms in total. The van der Waals surface area contributed by atoms with E-state index >= 15 is 0 Å². The molecule has 2 aromatic rings. The molecule has 0 fully saturated rings. The standard InChI is InChI=1S/C20H25N3O.HI/c21-20(22-14-17(24)13-15-7-2-1-3-8-15)23-19-12-6-10-16-9-4-5-11-18(16)19;/h1-3,6-8,10,12,17,24H,4-5,9,11,13-14H2,(H3,21,22,23);1H. The highest BCUT2D eigenvalue weighted by atomic mass is 127. The number of aryl methyl sites for hydroxylation is 1. The normalized spacial score (nSPS) is 15.0. The number of benzene rings is 2. The molecule has 3 rings (SSSR count). The van der Waals surface area contributed by atoms with Gasteiger partial charge in [0.2, 0.25) is 0 Å². The quantitative estimate of drug-likeness (QED) is 0.370. The van der Waals surface area contributed by atoms with E-state index in [1.54, 1.807) is 0 Å². The number of hydrogen-bond donors (Lipinski definition) is 3. The van der Waals surface area contributed by atoms with Gasteiger partial charge in [0.05, 0.1) is 12.6 Å². The second-order valence-corrected chi connectivity index (χ2v) is 6.34. The highest BCUT2D eigenvalue weighted by molar-refractivity contribution is 14.0. The largest absolute Gasteiger partial charge is 0.391 e. The van der Waals surface area contributed by atoms with Crippen LogP contribution in [-0.4, -0.2) is 23.7 Å². The summed E-state index contributed by atoms with van der Waals surface area (Å²) in [4.78, 5) is 4.30. The van der Waals surface area contributed by atoms with Gasteiger partial charge in [0.1, 0.15) is 0 Å². The first-order valence-corrected chi connectivity index (χ1v) is 8.62. The molecule has 0 radical (unpaired) electrons. The molecule has 0 bridgehead atoms. The van der Waals surface area contributed by atoms with Crippen molar-refractivity contribution in [3.05, 3.63) is 65.2 Å². The monoisotopic (exact) mass is 451 g/mol. The second kappa shape index (κ2) is 9.77. The van der Waals surface area contributed by atoms with E-state index < -0.39 is 6.10 Å². The molecule has 0 saturated carbocycles. The van der Waals surface area contributed by atoms with Gasteiger partial charge in [-0.2, -0.15) is 0 Å². The highest BCUT2D eigenvalue weighted by Crippen LogP contribution is 2.27. The SMILES string of the molecule is I.NC(=NCC(O)Cc1ccccc1)Nc1cccc2c1CCCC2. The lowest BCUT2D eigenvalue weighted by Crippen LogP contribution is -2.26. The summed E-state index contributed by atoms with van der Waals surface area (Å²) in [6, 6.07) is 16.2. The summed E-state index contributed by atoms with van der Waals surface area (Å²) in [5.74, 6) is 0.362. The van der Waals surface area contributed by atoms with Gasteiger partial charge in [-0.15, -0.1) is 24.0 Å². The van der Waals surface area contributed by atoms with Crippen LogP contribution in [0, 0.1) is 0 Å². The van der Waals surface area contributed by atoms with E-state index in [0.29, 0.717) is 18.9 Å². The zero-order chi connectivity index (χ0) is 16.8. The molecule has 25 heavy (non-hydrogen) atoms. The fraction of sp³-hybridized carbons (Fsp3) is 0.350. The molecule has 1 aliphatic carbocycles. The number of nitrogens with one attached hydrogen (secondary N) is 1. The Bertz CT molecular complexity index is 703. The van der Waals surface area contributed by atoms with Crippen molar-refractivity contribution in [2.75, 3.05) is 11.9 Å². The lowest BCUT2D eigenvalue weighted by Gasteiger charge is -2.20. The fourth-order valence-electron chi connectivity index (χ4n) is 3.23. The lowest BCUT2D eigenvalue weighted by atomic mass is 9.90. The molecule has 1 aliphatic rings. The average Bonchev–Trinajstić information content (AvgIpc) is 2.61. The molecular weight excluding hydrogens is 425 g/mol. The summed E-state index contributed by atoms with van der Waals surface area (Å²) in [5.41, 5.74) is 10.9. The maximum atomic E-state index is 10.1. The topological polar surface area (TPSA) is 70.6 Å². The number of nitrogens with zero attached hydrogens (tertiary/aromatic N) is 1. The minimum absolute atomic E-state index is 0. The Labute approximate surface area is 166 Å². The Morgan fingerprint density at radius 2 is 1.84 bits per heavy atom. The van der Waals surface area contributed by atoms with Crippen molar-refractivity contribution in [1.29, 1.82) is 0 Å². The van der Waals surface area contributed by atoms with Crippen LogP contribution in [0.25, 0.3) is 0 Å². The van der Waals surface area contributed by atoms with Crippen molar-refractivity contribution in [1.82, 2.24) is 0 Å². The van der Waals surface area contributed by atoms with Crippen LogP contribution in [0.4, 0.5) is 5.69 Å². The average molecular weight is 451 g/mol. The van der Waals surface area contributed by atoms with Crippen LogP contribution < -0.4 is 11.1 Å². The third-order valence-corrected chi connectivity index (χ3v) is 4.45. The minimum atomic E-state index is -0.530.